The van der Waals surface area contributed by atoms with Gasteiger partial charge in [0.15, 0.2) is 0 Å². The molecule has 1 nitrogen and oxygen atoms in total. The Morgan fingerprint density at radius 2 is 2.43 bits per heavy atom. The van der Waals surface area contributed by atoms with E-state index in [1.165, 1.54) is 13.0 Å². The molecule has 0 amide bonds. The van der Waals surface area contributed by atoms with Gasteiger partial charge in [-0.2, -0.15) is 0 Å². The van der Waals surface area contributed by atoms with E-state index in [1.807, 2.05) is 0 Å². The molecule has 0 saturated carbocycles. The quantitative estimate of drug-likeness (QED) is 0.433. The molecule has 0 radical (unpaired) electrons. The Balaban J connectivity index is 2.33. The molecule has 0 aromatic heterocycles. The molecule has 7 heavy (non-hydrogen) atoms. The maximum Gasteiger partial charge on any atom is 0.0449 e. The normalized spacial score (nSPS) is 24.0. The van der Waals surface area contributed by atoms with Crippen LogP contribution < -0.4 is 0 Å². The molecular formula is C6H7N. The summed E-state index contributed by atoms with van der Waals surface area (Å²) < 4.78 is 0. The molecule has 0 aliphatic carbocycles. The average molecular weight is 93.1 g/mol. The Labute approximate surface area is 42.9 Å². The number of hydrogen-bond acceptors (Lipinski definition) is 1. The highest BCUT2D eigenvalue weighted by Gasteiger charge is 2.14. The van der Waals surface area contributed by atoms with Gasteiger partial charge < -0.3 is 4.90 Å². The van der Waals surface area contributed by atoms with Crippen molar-refractivity contribution in [2.45, 2.75) is 6.42 Å². The zero-order chi connectivity index (χ0) is 4.69. The highest BCUT2D eigenvalue weighted by atomic mass is 15.1. The van der Waals surface area contributed by atoms with Gasteiger partial charge in [-0.15, -0.1) is 0 Å². The van der Waals surface area contributed by atoms with Gasteiger partial charge in [-0.05, 0) is 12.0 Å². The highest BCUT2D eigenvalue weighted by Crippen LogP contribution is 2.21. The van der Waals surface area contributed by atoms with Crippen LogP contribution in [0.15, 0.2) is 24.0 Å². The minimum Gasteiger partial charge on any atom is -0.350 e. The predicted molar refractivity (Wildman–Crippen MR) is 28.5 cm³/mol. The summed E-state index contributed by atoms with van der Waals surface area (Å²) in [5, 5.41) is 0. The summed E-state index contributed by atoms with van der Waals surface area (Å²) in [6, 6.07) is 0. The van der Waals surface area contributed by atoms with E-state index >= 15 is 0 Å². The SMILES string of the molecule is C1=CN2C=C(C1)C2. The lowest BCUT2D eigenvalue weighted by molar-refractivity contribution is 0.456. The number of allylic oxidation sites excluding steroid dienone is 1. The standard InChI is InChI=1S/C6H7N/c1-2-6-4-7(3-1)5-6/h1,3-4H,2,5H2. The number of hydrogen-bond donors (Lipinski definition) is 0. The molecule has 3 aliphatic rings. The van der Waals surface area contributed by atoms with E-state index < -0.39 is 0 Å². The van der Waals surface area contributed by atoms with Crippen molar-refractivity contribution in [3.05, 3.63) is 24.0 Å². The molecule has 3 rings (SSSR count). The Kier molecular flexibility index (Phi) is 0.432. The third-order valence-corrected chi connectivity index (χ3v) is 1.41. The first-order chi connectivity index (χ1) is 3.45. The minimum absolute atomic E-state index is 1.19. The van der Waals surface area contributed by atoms with E-state index in [-0.39, 0.29) is 0 Å². The van der Waals surface area contributed by atoms with Crippen molar-refractivity contribution >= 4 is 0 Å². The van der Waals surface area contributed by atoms with E-state index in [4.69, 9.17) is 0 Å². The van der Waals surface area contributed by atoms with E-state index in [2.05, 4.69) is 23.4 Å². The van der Waals surface area contributed by atoms with Crippen LogP contribution in [0, 0.1) is 0 Å². The topological polar surface area (TPSA) is 3.24 Å². The minimum atomic E-state index is 1.19. The summed E-state index contributed by atoms with van der Waals surface area (Å²) in [5.41, 5.74) is 1.57. The maximum absolute atomic E-state index is 2.19. The lowest BCUT2D eigenvalue weighted by atomic mass is 10.1. The second kappa shape index (κ2) is 0.915. The van der Waals surface area contributed by atoms with Gasteiger partial charge in [0.05, 0.1) is 0 Å². The molecule has 0 fully saturated rings. The van der Waals surface area contributed by atoms with E-state index in [0.717, 1.165) is 0 Å². The van der Waals surface area contributed by atoms with Crippen molar-refractivity contribution in [3.8, 4) is 0 Å². The van der Waals surface area contributed by atoms with E-state index in [9.17, 15) is 0 Å². The first kappa shape index (κ1) is 3.30. The number of fused-ring (bicyclic) bond motifs is 1. The second-order valence-electron chi connectivity index (χ2n) is 2.05. The lowest BCUT2D eigenvalue weighted by Crippen LogP contribution is -2.26. The van der Waals surface area contributed by atoms with E-state index in [1.54, 1.807) is 5.57 Å². The summed E-state index contributed by atoms with van der Waals surface area (Å²) in [6.07, 6.45) is 7.71. The molecule has 0 atom stereocenters. The molecule has 1 heteroatoms. The third kappa shape index (κ3) is 0.322. The Hall–Kier alpha value is -0.720. The molecule has 0 aromatic carbocycles. The largest absolute Gasteiger partial charge is 0.350 e. The monoisotopic (exact) mass is 93.1 g/mol. The van der Waals surface area contributed by atoms with Crippen molar-refractivity contribution in [2.24, 2.45) is 0 Å². The zero-order valence-corrected chi connectivity index (χ0v) is 4.09. The van der Waals surface area contributed by atoms with Crippen molar-refractivity contribution in [1.29, 1.82) is 0 Å². The van der Waals surface area contributed by atoms with Gasteiger partial charge >= 0.3 is 0 Å². The molecule has 0 saturated heterocycles. The molecule has 3 heterocycles. The molecule has 36 valence electrons. The first-order valence-corrected chi connectivity index (χ1v) is 2.57. The van der Waals surface area contributed by atoms with Crippen molar-refractivity contribution in [2.75, 3.05) is 6.54 Å². The summed E-state index contributed by atoms with van der Waals surface area (Å²) in [7, 11) is 0. The summed E-state index contributed by atoms with van der Waals surface area (Å²) in [4.78, 5) is 2.19. The van der Waals surface area contributed by atoms with Crippen LogP contribution in [0.2, 0.25) is 0 Å². The molecule has 3 aliphatic heterocycles. The number of rotatable bonds is 0. The van der Waals surface area contributed by atoms with Gasteiger partial charge in [0.1, 0.15) is 0 Å². The van der Waals surface area contributed by atoms with Crippen LogP contribution in [0.4, 0.5) is 0 Å². The highest BCUT2D eigenvalue weighted by molar-refractivity contribution is 5.24. The molecule has 0 unspecified atom stereocenters. The molecular weight excluding hydrogens is 86.1 g/mol. The second-order valence-corrected chi connectivity index (χ2v) is 2.05. The van der Waals surface area contributed by atoms with Crippen molar-refractivity contribution < 1.29 is 0 Å². The van der Waals surface area contributed by atoms with Crippen LogP contribution in [-0.4, -0.2) is 11.4 Å². The summed E-state index contributed by atoms with van der Waals surface area (Å²) >= 11 is 0. The maximum atomic E-state index is 2.19. The van der Waals surface area contributed by atoms with Crippen molar-refractivity contribution in [1.82, 2.24) is 4.90 Å². The summed E-state index contributed by atoms with van der Waals surface area (Å²) in [6.45, 7) is 1.19. The van der Waals surface area contributed by atoms with Crippen LogP contribution >= 0.6 is 0 Å². The Morgan fingerprint density at radius 1 is 1.57 bits per heavy atom. The zero-order valence-electron chi connectivity index (χ0n) is 4.09. The van der Waals surface area contributed by atoms with Crippen LogP contribution in [0.1, 0.15) is 6.42 Å². The van der Waals surface area contributed by atoms with Gasteiger partial charge in [-0.25, -0.2) is 0 Å². The molecule has 0 spiro atoms. The fourth-order valence-electron chi connectivity index (χ4n) is 0.996. The smallest absolute Gasteiger partial charge is 0.0449 e. The first-order valence-electron chi connectivity index (χ1n) is 2.57. The fourth-order valence-corrected chi connectivity index (χ4v) is 0.996. The predicted octanol–water partition coefficient (Wildman–Crippen LogP) is 1.10. The van der Waals surface area contributed by atoms with Gasteiger partial charge in [0.25, 0.3) is 0 Å². The lowest BCUT2D eigenvalue weighted by Gasteiger charge is -2.31. The van der Waals surface area contributed by atoms with Gasteiger partial charge in [0.2, 0.25) is 0 Å². The molecule has 0 N–H and O–H groups in total. The average Bonchev–Trinajstić information content (AvgIpc) is 1.67. The Bertz CT molecular complexity index is 144. The Morgan fingerprint density at radius 3 is 2.57 bits per heavy atom. The summed E-state index contributed by atoms with van der Waals surface area (Å²) in [5.74, 6) is 0. The number of nitrogens with zero attached hydrogens (tertiary/aromatic N) is 1. The van der Waals surface area contributed by atoms with Gasteiger partial charge in [-0.3, -0.25) is 0 Å². The molecule has 2 bridgehead atoms. The third-order valence-electron chi connectivity index (χ3n) is 1.41. The van der Waals surface area contributed by atoms with Gasteiger partial charge in [0, 0.05) is 18.9 Å². The van der Waals surface area contributed by atoms with E-state index in [0.29, 0.717) is 0 Å². The van der Waals surface area contributed by atoms with Crippen LogP contribution in [0.25, 0.3) is 0 Å². The van der Waals surface area contributed by atoms with Crippen LogP contribution in [0.3, 0.4) is 0 Å². The van der Waals surface area contributed by atoms with Crippen molar-refractivity contribution in [3.63, 3.8) is 0 Å². The fraction of sp³-hybridized carbons (Fsp3) is 0.333. The van der Waals surface area contributed by atoms with Crippen LogP contribution in [-0.2, 0) is 0 Å². The molecule has 0 aromatic rings. The van der Waals surface area contributed by atoms with Crippen LogP contribution in [0.5, 0.6) is 0 Å². The van der Waals surface area contributed by atoms with Gasteiger partial charge in [-0.1, -0.05) is 6.08 Å².